The number of pyridine rings is 1. The normalized spacial score (nSPS) is 13.8. The van der Waals surface area contributed by atoms with Gasteiger partial charge in [-0.3, -0.25) is 4.98 Å². The first-order chi connectivity index (χ1) is 37.7. The van der Waals surface area contributed by atoms with Gasteiger partial charge in [-0.1, -0.05) is 176 Å². The van der Waals surface area contributed by atoms with Crippen molar-refractivity contribution < 1.29 is 0 Å². The molecule has 6 heterocycles. The molecule has 0 N–H and O–H groups in total. The van der Waals surface area contributed by atoms with Crippen LogP contribution in [0.1, 0.15) is 18.2 Å². The second-order valence-electron chi connectivity index (χ2n) is 19.7. The maximum atomic E-state index is 5.45. The van der Waals surface area contributed by atoms with Crippen LogP contribution in [0, 0.1) is 0 Å². The Hall–Kier alpha value is -9.34. The molecular weight excluding hydrogens is 965 g/mol. The van der Waals surface area contributed by atoms with Crippen molar-refractivity contribution in [2.45, 2.75) is 12.3 Å². The highest BCUT2D eigenvalue weighted by Crippen LogP contribution is 2.47. The van der Waals surface area contributed by atoms with Crippen LogP contribution in [0.2, 0.25) is 0 Å². The monoisotopic (exact) mass is 1010 g/mol. The molecule has 15 aromatic rings. The molecule has 0 amide bonds. The van der Waals surface area contributed by atoms with Crippen LogP contribution in [0.3, 0.4) is 0 Å². The third-order valence-electron chi connectivity index (χ3n) is 15.3. The van der Waals surface area contributed by atoms with Gasteiger partial charge >= 0.3 is 0 Å². The lowest BCUT2D eigenvalue weighted by atomic mass is 9.97. The molecule has 0 bridgehead atoms. The first kappa shape index (κ1) is 43.1. The van der Waals surface area contributed by atoms with Crippen LogP contribution in [0.4, 0.5) is 0 Å². The van der Waals surface area contributed by atoms with E-state index in [-0.39, 0.29) is 5.92 Å². The van der Waals surface area contributed by atoms with Crippen molar-refractivity contribution in [3.05, 3.63) is 243 Å². The number of fused-ring (bicyclic) bond motifs is 14. The van der Waals surface area contributed by atoms with Crippen LogP contribution in [-0.2, 0) is 0 Å². The lowest BCUT2D eigenvalue weighted by Crippen LogP contribution is -2.08. The number of hydrogen-bond acceptors (Lipinski definition) is 6. The number of rotatable bonds is 7. The quantitative estimate of drug-likeness (QED) is 0.160. The minimum atomic E-state index is 0.00875. The van der Waals surface area contributed by atoms with Gasteiger partial charge in [0.25, 0.3) is 0 Å². The maximum Gasteiger partial charge on any atom is 0.165 e. The third kappa shape index (κ3) is 6.71. The largest absolute Gasteiger partial charge is 0.308 e. The molecule has 0 aliphatic heterocycles. The Labute approximate surface area is 444 Å². The topological polar surface area (TPSA) is 61.4 Å². The summed E-state index contributed by atoms with van der Waals surface area (Å²) in [5.74, 6) is 1.99. The average Bonchev–Trinajstić information content (AvgIpc) is 4.28. The first-order valence-corrected chi connectivity index (χ1v) is 27.4. The number of nitrogens with zero attached hydrogens (tertiary/aromatic N) is 6. The van der Waals surface area contributed by atoms with Crippen molar-refractivity contribution in [3.8, 4) is 56.5 Å². The predicted octanol–water partition coefficient (Wildman–Crippen LogP) is 18.5. The van der Waals surface area contributed by atoms with Gasteiger partial charge in [0.05, 0.1) is 37.2 Å². The fourth-order valence-corrected chi connectivity index (χ4v) is 14.3. The minimum Gasteiger partial charge on any atom is -0.308 e. The zero-order chi connectivity index (χ0) is 49.8. The molecule has 0 saturated heterocycles. The lowest BCUT2D eigenvalue weighted by molar-refractivity contribution is 0.764. The molecule has 6 nitrogen and oxygen atoms in total. The Kier molecular flexibility index (Phi) is 9.70. The summed E-state index contributed by atoms with van der Waals surface area (Å²) in [6, 6.07) is 74.4. The Balaban J connectivity index is 0.901. The van der Waals surface area contributed by atoms with E-state index in [1.165, 1.54) is 84.0 Å². The van der Waals surface area contributed by atoms with E-state index in [1.807, 2.05) is 47.1 Å². The maximum absolute atomic E-state index is 5.45. The summed E-state index contributed by atoms with van der Waals surface area (Å²) in [6.07, 6.45) is 11.4. The van der Waals surface area contributed by atoms with Gasteiger partial charge in [-0.25, -0.2) is 15.0 Å². The predicted molar refractivity (Wildman–Crippen MR) is 319 cm³/mol. The summed E-state index contributed by atoms with van der Waals surface area (Å²) in [6.45, 7) is 0. The molecule has 356 valence electrons. The van der Waals surface area contributed by atoms with Crippen molar-refractivity contribution >= 4 is 107 Å². The molecular formula is C68H42N6S2. The summed E-state index contributed by atoms with van der Waals surface area (Å²) in [5.41, 5.74) is 12.9. The average molecular weight is 1010 g/mol. The van der Waals surface area contributed by atoms with E-state index >= 15 is 0 Å². The van der Waals surface area contributed by atoms with Crippen molar-refractivity contribution in [3.63, 3.8) is 0 Å². The number of para-hydroxylation sites is 4. The van der Waals surface area contributed by atoms with Crippen LogP contribution in [0.5, 0.6) is 0 Å². The molecule has 76 heavy (non-hydrogen) atoms. The van der Waals surface area contributed by atoms with Crippen molar-refractivity contribution in [1.29, 1.82) is 0 Å². The van der Waals surface area contributed by atoms with E-state index < -0.39 is 0 Å². The Morgan fingerprint density at radius 2 is 0.934 bits per heavy atom. The number of allylic oxidation sites excluding steroid dienone is 4. The molecule has 1 atom stereocenters. The fraction of sp³-hybridized carbons (Fsp3) is 0.0294. The first-order valence-electron chi connectivity index (χ1n) is 25.7. The number of hydrogen-bond donors (Lipinski definition) is 0. The zero-order valence-corrected chi connectivity index (χ0v) is 42.4. The van der Waals surface area contributed by atoms with Crippen LogP contribution in [-0.4, -0.2) is 29.1 Å². The van der Waals surface area contributed by atoms with Crippen molar-refractivity contribution in [2.24, 2.45) is 0 Å². The van der Waals surface area contributed by atoms with Crippen LogP contribution in [0.25, 0.3) is 140 Å². The number of aromatic nitrogens is 6. The molecule has 0 fully saturated rings. The van der Waals surface area contributed by atoms with Crippen LogP contribution >= 0.6 is 22.7 Å². The molecule has 1 aliphatic rings. The van der Waals surface area contributed by atoms with Gasteiger partial charge < -0.3 is 9.13 Å². The highest BCUT2D eigenvalue weighted by Gasteiger charge is 2.24. The molecule has 9 aromatic carbocycles. The Morgan fingerprint density at radius 3 is 1.54 bits per heavy atom. The summed E-state index contributed by atoms with van der Waals surface area (Å²) in [7, 11) is 0. The van der Waals surface area contributed by atoms with Gasteiger partial charge in [-0.15, -0.1) is 22.7 Å². The summed E-state index contributed by atoms with van der Waals surface area (Å²) in [4.78, 5) is 21.3. The highest BCUT2D eigenvalue weighted by atomic mass is 32.1. The SMILES string of the molecule is C1=CCC(c2nc(-c3ccccc3)nc(-c3cc(-c4ccc5c(c4)sc4c5ccc5c6ccccc6n(-c6ccccc6)c54)cnc3-c3ccc4c(c3)sc3c4ccc4c5ccccc5n(-c5ccccc5)c43)n2)C=C1. The molecule has 0 radical (unpaired) electrons. The fourth-order valence-electron chi connectivity index (χ4n) is 11.8. The molecule has 1 unspecified atom stereocenters. The van der Waals surface area contributed by atoms with Crippen molar-refractivity contribution in [1.82, 2.24) is 29.1 Å². The second kappa shape index (κ2) is 17.1. The molecule has 0 saturated carbocycles. The van der Waals surface area contributed by atoms with Gasteiger partial charge in [0.2, 0.25) is 0 Å². The molecule has 6 aromatic heterocycles. The van der Waals surface area contributed by atoms with E-state index in [1.54, 1.807) is 0 Å². The summed E-state index contributed by atoms with van der Waals surface area (Å²) in [5, 5.41) is 9.96. The van der Waals surface area contributed by atoms with E-state index in [0.717, 1.165) is 57.1 Å². The van der Waals surface area contributed by atoms with Crippen LogP contribution < -0.4 is 0 Å². The highest BCUT2D eigenvalue weighted by molar-refractivity contribution is 7.27. The Bertz CT molecular complexity index is 4910. The molecule has 0 spiro atoms. The van der Waals surface area contributed by atoms with Crippen molar-refractivity contribution in [2.75, 3.05) is 0 Å². The van der Waals surface area contributed by atoms with Gasteiger partial charge in [0.1, 0.15) is 5.82 Å². The number of benzene rings is 9. The Morgan fingerprint density at radius 1 is 0.408 bits per heavy atom. The van der Waals surface area contributed by atoms with E-state index in [4.69, 9.17) is 19.9 Å². The standard InChI is InChI=1S/C68H42N6S2/c1-5-17-41(18-6-1)66-70-67(42-19-7-2-8-20-42)72-68(71-66)56-37-45(43-29-31-50-54-35-33-52-48-25-13-15-27-57(48)73(46-21-9-3-10-22-46)62(52)64(54)75-59(50)38-43)40-69-61(56)44-30-32-51-55-36-34-53-49-26-14-16-28-58(49)74(47-23-11-4-12-24-47)63(53)65(55)76-60(51)39-44/h1-19,21-40,42H,20H2. The number of thiophene rings is 2. The van der Waals surface area contributed by atoms with Gasteiger partial charge in [0, 0.05) is 98.2 Å². The lowest BCUT2D eigenvalue weighted by Gasteiger charge is -2.16. The van der Waals surface area contributed by atoms with Gasteiger partial charge in [-0.05, 0) is 66.6 Å². The van der Waals surface area contributed by atoms with E-state index in [2.05, 4.69) is 221 Å². The van der Waals surface area contributed by atoms with E-state index in [9.17, 15) is 0 Å². The summed E-state index contributed by atoms with van der Waals surface area (Å²) < 4.78 is 9.82. The van der Waals surface area contributed by atoms with E-state index in [0.29, 0.717) is 11.6 Å². The molecule has 1 aliphatic carbocycles. The smallest absolute Gasteiger partial charge is 0.165 e. The third-order valence-corrected chi connectivity index (χ3v) is 17.7. The van der Waals surface area contributed by atoms with Gasteiger partial charge in [0.15, 0.2) is 11.6 Å². The zero-order valence-electron chi connectivity index (χ0n) is 40.8. The minimum absolute atomic E-state index is 0.00875. The second-order valence-corrected chi connectivity index (χ2v) is 21.8. The summed E-state index contributed by atoms with van der Waals surface area (Å²) >= 11 is 3.71. The van der Waals surface area contributed by atoms with Gasteiger partial charge in [-0.2, -0.15) is 0 Å². The molecule has 16 rings (SSSR count). The van der Waals surface area contributed by atoms with Crippen LogP contribution in [0.15, 0.2) is 237 Å². The molecule has 8 heteroatoms.